The fourth-order valence-corrected chi connectivity index (χ4v) is 4.47. The van der Waals surface area contributed by atoms with E-state index in [-0.39, 0.29) is 24.3 Å². The van der Waals surface area contributed by atoms with Crippen molar-refractivity contribution in [1.82, 2.24) is 0 Å². The van der Waals surface area contributed by atoms with E-state index < -0.39 is 5.92 Å². The Morgan fingerprint density at radius 2 is 1.77 bits per heavy atom. The molecule has 4 rings (SSSR count). The number of hydrogen-bond acceptors (Lipinski definition) is 5. The Labute approximate surface area is 183 Å². The molecule has 160 valence electrons. The molecule has 1 unspecified atom stereocenters. The smallest absolute Gasteiger partial charge is 0.315 e. The Bertz CT molecular complexity index is 1040. The summed E-state index contributed by atoms with van der Waals surface area (Å²) < 4.78 is 5.70. The number of esters is 1. The number of aliphatic imine (C=N–C) groups is 1. The van der Waals surface area contributed by atoms with Gasteiger partial charge < -0.3 is 9.64 Å². The van der Waals surface area contributed by atoms with Crippen molar-refractivity contribution in [3.8, 4) is 0 Å². The molecule has 5 heteroatoms. The topological polar surface area (TPSA) is 59.0 Å². The molecule has 0 saturated carbocycles. The SMILES string of the molecule is CC1=NC2=C(C(=O)CCC2)[C@H](c2ccc(N(C)C)cc2)C1C(=O)OCc1ccccc1. The molecule has 0 saturated heterocycles. The van der Waals surface area contributed by atoms with Crippen molar-refractivity contribution in [2.75, 3.05) is 19.0 Å². The van der Waals surface area contributed by atoms with Crippen LogP contribution in [0.2, 0.25) is 0 Å². The quantitative estimate of drug-likeness (QED) is 0.664. The monoisotopic (exact) mass is 416 g/mol. The van der Waals surface area contributed by atoms with E-state index in [4.69, 9.17) is 9.73 Å². The molecule has 0 bridgehead atoms. The normalized spacial score (nSPS) is 20.7. The number of allylic oxidation sites excluding steroid dienone is 2. The van der Waals surface area contributed by atoms with Crippen molar-refractivity contribution in [2.45, 2.75) is 38.7 Å². The third-order valence-electron chi connectivity index (χ3n) is 6.08. The number of ketones is 1. The van der Waals surface area contributed by atoms with Crippen molar-refractivity contribution >= 4 is 23.2 Å². The molecule has 2 aromatic carbocycles. The number of ether oxygens (including phenoxy) is 1. The van der Waals surface area contributed by atoms with Crippen molar-refractivity contribution in [3.05, 3.63) is 77.0 Å². The van der Waals surface area contributed by atoms with Crippen LogP contribution in [0.4, 0.5) is 5.69 Å². The van der Waals surface area contributed by atoms with E-state index in [1.165, 1.54) is 0 Å². The highest BCUT2D eigenvalue weighted by Gasteiger charge is 2.43. The van der Waals surface area contributed by atoms with Crippen LogP contribution in [0.25, 0.3) is 0 Å². The number of benzene rings is 2. The number of Topliss-reactive ketones (excluding diaryl/α,β-unsaturated/α-hetero) is 1. The zero-order chi connectivity index (χ0) is 22.0. The maximum Gasteiger partial charge on any atom is 0.315 e. The molecule has 1 aliphatic carbocycles. The van der Waals surface area contributed by atoms with Gasteiger partial charge in [-0.2, -0.15) is 0 Å². The van der Waals surface area contributed by atoms with Crippen LogP contribution < -0.4 is 4.90 Å². The van der Waals surface area contributed by atoms with Crippen LogP contribution in [0.1, 0.15) is 43.2 Å². The van der Waals surface area contributed by atoms with Gasteiger partial charge in [0.05, 0.1) is 0 Å². The van der Waals surface area contributed by atoms with Gasteiger partial charge in [0, 0.05) is 49.1 Å². The standard InChI is InChI=1S/C26H28N2O3/c1-17-23(26(30)31-16-18-8-5-4-6-9-18)24(19-12-14-20(15-13-19)28(2)3)25-21(27-17)10-7-11-22(25)29/h4-6,8-9,12-15,23-24H,7,10-11,16H2,1-3H3/t23?,24-/m1/s1. The number of hydrogen-bond donors (Lipinski definition) is 0. The summed E-state index contributed by atoms with van der Waals surface area (Å²) in [6, 6.07) is 17.7. The second-order valence-electron chi connectivity index (χ2n) is 8.42. The molecule has 2 aliphatic rings. The van der Waals surface area contributed by atoms with E-state index in [0.717, 1.165) is 35.4 Å². The largest absolute Gasteiger partial charge is 0.460 e. The highest BCUT2D eigenvalue weighted by Crippen LogP contribution is 2.43. The van der Waals surface area contributed by atoms with Crippen LogP contribution in [-0.4, -0.2) is 31.6 Å². The van der Waals surface area contributed by atoms with Gasteiger partial charge in [0.1, 0.15) is 12.5 Å². The number of nitrogens with zero attached hydrogens (tertiary/aromatic N) is 2. The summed E-state index contributed by atoms with van der Waals surface area (Å²) >= 11 is 0. The van der Waals surface area contributed by atoms with Gasteiger partial charge >= 0.3 is 5.97 Å². The lowest BCUT2D eigenvalue weighted by Crippen LogP contribution is -2.37. The summed E-state index contributed by atoms with van der Waals surface area (Å²) in [7, 11) is 3.98. The molecule has 0 N–H and O–H groups in total. The van der Waals surface area contributed by atoms with Crippen molar-refractivity contribution in [1.29, 1.82) is 0 Å². The average molecular weight is 417 g/mol. The first kappa shape index (κ1) is 21.0. The van der Waals surface area contributed by atoms with E-state index in [1.807, 2.05) is 80.5 Å². The van der Waals surface area contributed by atoms with Crippen molar-refractivity contribution < 1.29 is 14.3 Å². The van der Waals surface area contributed by atoms with Gasteiger partial charge in [-0.1, -0.05) is 42.5 Å². The third kappa shape index (κ3) is 4.31. The minimum atomic E-state index is -0.602. The van der Waals surface area contributed by atoms with E-state index in [0.29, 0.717) is 17.7 Å². The molecule has 0 aromatic heterocycles. The van der Waals surface area contributed by atoms with Gasteiger partial charge in [-0.3, -0.25) is 14.6 Å². The highest BCUT2D eigenvalue weighted by atomic mass is 16.5. The molecule has 1 heterocycles. The van der Waals surface area contributed by atoms with Gasteiger partial charge in [0.25, 0.3) is 0 Å². The van der Waals surface area contributed by atoms with Gasteiger partial charge in [-0.25, -0.2) is 0 Å². The maximum atomic E-state index is 13.3. The fraction of sp³-hybridized carbons (Fsp3) is 0.346. The van der Waals surface area contributed by atoms with Gasteiger partial charge in [-0.05, 0) is 43.0 Å². The van der Waals surface area contributed by atoms with E-state index in [2.05, 4.69) is 0 Å². The first-order valence-electron chi connectivity index (χ1n) is 10.7. The molecule has 1 aliphatic heterocycles. The minimum absolute atomic E-state index is 0.0973. The zero-order valence-electron chi connectivity index (χ0n) is 18.3. The summed E-state index contributed by atoms with van der Waals surface area (Å²) in [5.74, 6) is -1.20. The van der Waals surface area contributed by atoms with Crippen LogP contribution in [-0.2, 0) is 20.9 Å². The molecule has 0 spiro atoms. The third-order valence-corrected chi connectivity index (χ3v) is 6.08. The van der Waals surface area contributed by atoms with Crippen molar-refractivity contribution in [2.24, 2.45) is 10.9 Å². The van der Waals surface area contributed by atoms with Gasteiger partial charge in [0.15, 0.2) is 5.78 Å². The first-order valence-corrected chi connectivity index (χ1v) is 10.7. The molecule has 0 fully saturated rings. The van der Waals surface area contributed by atoms with Crippen LogP contribution >= 0.6 is 0 Å². The molecule has 0 radical (unpaired) electrons. The minimum Gasteiger partial charge on any atom is -0.460 e. The highest BCUT2D eigenvalue weighted by molar-refractivity contribution is 6.08. The van der Waals surface area contributed by atoms with E-state index in [1.54, 1.807) is 0 Å². The Kier molecular flexibility index (Phi) is 6.03. The summed E-state index contributed by atoms with van der Waals surface area (Å²) in [5, 5.41) is 0. The summed E-state index contributed by atoms with van der Waals surface area (Å²) in [4.78, 5) is 33.0. The number of carbonyl (C=O) groups is 2. The molecule has 5 nitrogen and oxygen atoms in total. The van der Waals surface area contributed by atoms with Gasteiger partial charge in [0.2, 0.25) is 0 Å². The lowest BCUT2D eigenvalue weighted by Gasteiger charge is -2.34. The predicted molar refractivity (Wildman–Crippen MR) is 122 cm³/mol. The molecule has 31 heavy (non-hydrogen) atoms. The lowest BCUT2D eigenvalue weighted by atomic mass is 9.72. The van der Waals surface area contributed by atoms with Gasteiger partial charge in [-0.15, -0.1) is 0 Å². The molecule has 2 atom stereocenters. The molecular weight excluding hydrogens is 388 g/mol. The first-order chi connectivity index (χ1) is 15.0. The summed E-state index contributed by atoms with van der Waals surface area (Å²) in [6.07, 6.45) is 2.09. The van der Waals surface area contributed by atoms with Crippen molar-refractivity contribution in [3.63, 3.8) is 0 Å². The Morgan fingerprint density at radius 1 is 1.06 bits per heavy atom. The zero-order valence-corrected chi connectivity index (χ0v) is 18.3. The second-order valence-corrected chi connectivity index (χ2v) is 8.42. The number of anilines is 1. The van der Waals surface area contributed by atoms with E-state index in [9.17, 15) is 9.59 Å². The van der Waals surface area contributed by atoms with Crippen LogP contribution in [0.5, 0.6) is 0 Å². The second kappa shape index (κ2) is 8.88. The van der Waals surface area contributed by atoms with E-state index >= 15 is 0 Å². The van der Waals surface area contributed by atoms with Crippen LogP contribution in [0.3, 0.4) is 0 Å². The lowest BCUT2D eigenvalue weighted by molar-refractivity contribution is -0.148. The van der Waals surface area contributed by atoms with Crippen LogP contribution in [0, 0.1) is 5.92 Å². The Hall–Kier alpha value is -3.21. The summed E-state index contributed by atoms with van der Waals surface area (Å²) in [6.45, 7) is 2.08. The molecule has 2 aromatic rings. The maximum absolute atomic E-state index is 13.3. The predicted octanol–water partition coefficient (Wildman–Crippen LogP) is 4.68. The average Bonchev–Trinajstić information content (AvgIpc) is 2.77. The number of carbonyl (C=O) groups excluding carboxylic acids is 2. The fourth-order valence-electron chi connectivity index (χ4n) is 4.47. The number of rotatable bonds is 5. The summed E-state index contributed by atoms with van der Waals surface area (Å²) in [5.41, 5.74) is 5.19. The molecule has 0 amide bonds. The van der Waals surface area contributed by atoms with Crippen LogP contribution in [0.15, 0.2) is 70.9 Å². The Morgan fingerprint density at radius 3 is 2.45 bits per heavy atom. The Balaban J connectivity index is 1.69. The molecular formula is C26H28N2O3.